The molecule has 1 aromatic heterocycles. The third-order valence-electron chi connectivity index (χ3n) is 6.65. The molecule has 1 aliphatic carbocycles. The summed E-state index contributed by atoms with van der Waals surface area (Å²) in [6.07, 6.45) is 6.54. The van der Waals surface area contributed by atoms with Crippen LogP contribution in [0.2, 0.25) is 0 Å². The Morgan fingerprint density at radius 1 is 1.06 bits per heavy atom. The number of nitrogens with zero attached hydrogens (tertiary/aromatic N) is 4. The second-order valence-electron chi connectivity index (χ2n) is 9.03. The molecular weight excluding hydrogens is 425 g/mol. The van der Waals surface area contributed by atoms with Crippen LogP contribution in [-0.4, -0.2) is 53.0 Å². The number of aromatic nitrogens is 2. The van der Waals surface area contributed by atoms with E-state index in [9.17, 15) is 14.0 Å². The number of halogens is 1. The van der Waals surface area contributed by atoms with Crippen molar-refractivity contribution in [3.05, 3.63) is 41.8 Å². The molecular formula is C24H32FN5O3. The van der Waals surface area contributed by atoms with E-state index in [1.54, 1.807) is 12.1 Å². The van der Waals surface area contributed by atoms with Crippen molar-refractivity contribution < 1.29 is 18.5 Å². The molecule has 1 N–H and O–H groups in total. The van der Waals surface area contributed by atoms with Crippen LogP contribution in [0.5, 0.6) is 0 Å². The van der Waals surface area contributed by atoms with Gasteiger partial charge < -0.3 is 19.6 Å². The maximum atomic E-state index is 13.1. The molecule has 1 aliphatic heterocycles. The van der Waals surface area contributed by atoms with Gasteiger partial charge in [0.1, 0.15) is 11.4 Å². The van der Waals surface area contributed by atoms with Crippen molar-refractivity contribution in [2.75, 3.05) is 31.1 Å². The minimum atomic E-state index is -0.579. The summed E-state index contributed by atoms with van der Waals surface area (Å²) >= 11 is 0. The second-order valence-corrected chi connectivity index (χ2v) is 9.03. The Morgan fingerprint density at radius 3 is 2.36 bits per heavy atom. The largest absolute Gasteiger partial charge is 0.368 e. The van der Waals surface area contributed by atoms with Crippen LogP contribution in [0, 0.1) is 5.82 Å². The number of aryl methyl sites for hydroxylation is 1. The quantitative estimate of drug-likeness (QED) is 0.670. The highest BCUT2D eigenvalue weighted by Gasteiger charge is 2.38. The van der Waals surface area contributed by atoms with Gasteiger partial charge in [0.25, 0.3) is 0 Å². The van der Waals surface area contributed by atoms with Crippen LogP contribution in [0.15, 0.2) is 28.8 Å². The summed E-state index contributed by atoms with van der Waals surface area (Å²) in [6, 6.07) is 6.44. The molecule has 1 aromatic carbocycles. The van der Waals surface area contributed by atoms with Gasteiger partial charge in [-0.15, -0.1) is 0 Å². The lowest BCUT2D eigenvalue weighted by Crippen LogP contribution is -2.48. The van der Waals surface area contributed by atoms with Gasteiger partial charge in [-0.05, 0) is 37.1 Å². The number of hydrogen-bond donors (Lipinski definition) is 1. The van der Waals surface area contributed by atoms with Crippen molar-refractivity contribution in [3.63, 3.8) is 0 Å². The van der Waals surface area contributed by atoms with Crippen molar-refractivity contribution in [2.45, 2.75) is 63.8 Å². The molecule has 2 amide bonds. The van der Waals surface area contributed by atoms with Gasteiger partial charge in [-0.1, -0.05) is 30.8 Å². The molecule has 0 spiro atoms. The normalized spacial score (nSPS) is 18.6. The van der Waals surface area contributed by atoms with Gasteiger partial charge in [-0.25, -0.2) is 4.39 Å². The lowest BCUT2D eigenvalue weighted by atomic mass is 9.89. The number of carbonyl (C=O) groups excluding carboxylic acids is 2. The number of anilines is 1. The average molecular weight is 458 g/mol. The lowest BCUT2D eigenvalue weighted by Gasteiger charge is -2.36. The standard InChI is InChI=1S/C24H32FN5O3/c1-18(31)27-24(12-4-2-3-5-13-24)23-26-21(33-28-23)10-11-22(32)30-16-14-29(15-17-30)20-8-6-19(25)7-9-20/h6-9H,2-5,10-17H2,1H3,(H,27,31). The molecule has 8 nitrogen and oxygen atoms in total. The fourth-order valence-corrected chi connectivity index (χ4v) is 4.86. The molecule has 178 valence electrons. The van der Waals surface area contributed by atoms with E-state index in [0.29, 0.717) is 50.7 Å². The molecule has 9 heteroatoms. The molecule has 1 saturated heterocycles. The summed E-state index contributed by atoms with van der Waals surface area (Å²) in [5.74, 6) is 0.656. The Hall–Kier alpha value is -2.97. The van der Waals surface area contributed by atoms with Crippen LogP contribution in [0.1, 0.15) is 63.6 Å². The number of carbonyl (C=O) groups is 2. The summed E-state index contributed by atoms with van der Waals surface area (Å²) in [6.45, 7) is 4.18. The minimum absolute atomic E-state index is 0.0551. The van der Waals surface area contributed by atoms with Crippen LogP contribution in [0.3, 0.4) is 0 Å². The summed E-state index contributed by atoms with van der Waals surface area (Å²) < 4.78 is 18.6. The summed E-state index contributed by atoms with van der Waals surface area (Å²) in [5.41, 5.74) is 0.388. The van der Waals surface area contributed by atoms with E-state index < -0.39 is 5.54 Å². The zero-order valence-corrected chi connectivity index (χ0v) is 19.2. The number of nitrogens with one attached hydrogen (secondary N) is 1. The van der Waals surface area contributed by atoms with Gasteiger partial charge >= 0.3 is 0 Å². The van der Waals surface area contributed by atoms with E-state index in [0.717, 1.165) is 44.2 Å². The topological polar surface area (TPSA) is 91.6 Å². The maximum absolute atomic E-state index is 13.1. The second kappa shape index (κ2) is 10.3. The first-order valence-electron chi connectivity index (χ1n) is 11.9. The predicted molar refractivity (Wildman–Crippen MR) is 121 cm³/mol. The molecule has 1 saturated carbocycles. The highest BCUT2D eigenvalue weighted by atomic mass is 19.1. The molecule has 2 fully saturated rings. The van der Waals surface area contributed by atoms with Crippen molar-refractivity contribution in [1.29, 1.82) is 0 Å². The molecule has 33 heavy (non-hydrogen) atoms. The fourth-order valence-electron chi connectivity index (χ4n) is 4.86. The van der Waals surface area contributed by atoms with Crippen LogP contribution in [0.25, 0.3) is 0 Å². The molecule has 2 aliphatic rings. The first kappa shape index (κ1) is 23.2. The van der Waals surface area contributed by atoms with Gasteiger partial charge in [0.2, 0.25) is 17.7 Å². The number of rotatable bonds is 6. The van der Waals surface area contributed by atoms with E-state index in [-0.39, 0.29) is 17.6 Å². The molecule has 2 heterocycles. The molecule has 0 radical (unpaired) electrons. The van der Waals surface area contributed by atoms with Crippen molar-refractivity contribution >= 4 is 17.5 Å². The van der Waals surface area contributed by atoms with Crippen LogP contribution < -0.4 is 10.2 Å². The highest BCUT2D eigenvalue weighted by Crippen LogP contribution is 2.34. The summed E-state index contributed by atoms with van der Waals surface area (Å²) in [7, 11) is 0. The predicted octanol–water partition coefficient (Wildman–Crippen LogP) is 3.18. The van der Waals surface area contributed by atoms with Gasteiger partial charge in [0, 0.05) is 51.6 Å². The van der Waals surface area contributed by atoms with Gasteiger partial charge in [-0.2, -0.15) is 4.98 Å². The first-order valence-corrected chi connectivity index (χ1v) is 11.9. The van der Waals surface area contributed by atoms with E-state index in [1.807, 2.05) is 4.90 Å². The Labute approximate surface area is 193 Å². The number of amides is 2. The van der Waals surface area contributed by atoms with Crippen LogP contribution in [-0.2, 0) is 21.5 Å². The molecule has 4 rings (SSSR count). The molecule has 2 aromatic rings. The van der Waals surface area contributed by atoms with Gasteiger partial charge in [0.05, 0.1) is 0 Å². The van der Waals surface area contributed by atoms with Gasteiger partial charge in [-0.3, -0.25) is 9.59 Å². The molecule has 0 unspecified atom stereocenters. The molecule has 0 bridgehead atoms. The smallest absolute Gasteiger partial charge is 0.227 e. The van der Waals surface area contributed by atoms with Crippen LogP contribution >= 0.6 is 0 Å². The Kier molecular flexibility index (Phi) is 7.25. The number of hydrogen-bond acceptors (Lipinski definition) is 6. The Balaban J connectivity index is 1.31. The fraction of sp³-hybridized carbons (Fsp3) is 0.583. The van der Waals surface area contributed by atoms with E-state index in [2.05, 4.69) is 20.4 Å². The van der Waals surface area contributed by atoms with Crippen molar-refractivity contribution in [3.8, 4) is 0 Å². The third kappa shape index (κ3) is 5.69. The average Bonchev–Trinajstić information content (AvgIpc) is 3.18. The SMILES string of the molecule is CC(=O)NC1(c2noc(CCC(=O)N3CCN(c4ccc(F)cc4)CC3)n2)CCCCCC1. The van der Waals surface area contributed by atoms with Crippen LogP contribution in [0.4, 0.5) is 10.1 Å². The number of benzene rings is 1. The Morgan fingerprint density at radius 2 is 1.73 bits per heavy atom. The zero-order chi connectivity index (χ0) is 23.3. The van der Waals surface area contributed by atoms with E-state index in [1.165, 1.54) is 19.1 Å². The summed E-state index contributed by atoms with van der Waals surface area (Å²) in [5, 5.41) is 7.27. The Bertz CT molecular complexity index is 945. The van der Waals surface area contributed by atoms with Gasteiger partial charge in [0.15, 0.2) is 5.82 Å². The third-order valence-corrected chi connectivity index (χ3v) is 6.65. The highest BCUT2D eigenvalue weighted by molar-refractivity contribution is 5.76. The van der Waals surface area contributed by atoms with E-state index in [4.69, 9.17) is 4.52 Å². The van der Waals surface area contributed by atoms with Crippen molar-refractivity contribution in [1.82, 2.24) is 20.4 Å². The van der Waals surface area contributed by atoms with Crippen molar-refractivity contribution in [2.24, 2.45) is 0 Å². The van der Waals surface area contributed by atoms with E-state index >= 15 is 0 Å². The monoisotopic (exact) mass is 457 g/mol. The maximum Gasteiger partial charge on any atom is 0.227 e. The lowest BCUT2D eigenvalue weighted by molar-refractivity contribution is -0.131. The zero-order valence-electron chi connectivity index (χ0n) is 19.2. The number of piperazine rings is 1. The first-order chi connectivity index (χ1) is 15.9. The summed E-state index contributed by atoms with van der Waals surface area (Å²) in [4.78, 5) is 33.2. The molecule has 0 atom stereocenters. The minimum Gasteiger partial charge on any atom is -0.368 e.